The second-order valence-electron chi connectivity index (χ2n) is 2.30. The zero-order chi connectivity index (χ0) is 8.95. The first-order chi connectivity index (χ1) is 5.33. The zero-order valence-corrected chi connectivity index (χ0v) is 10.4. The highest BCUT2D eigenvalue weighted by atomic mass is 28.2. The van der Waals surface area contributed by atoms with Crippen LogP contribution in [0, 0.1) is 0 Å². The van der Waals surface area contributed by atoms with Gasteiger partial charge in [0.2, 0.25) is 0 Å². The Balaban J connectivity index is 0. The Bertz CT molecular complexity index is 47.4. The average molecular weight is 177 g/mol. The fourth-order valence-corrected chi connectivity index (χ4v) is 0.827. The van der Waals surface area contributed by atoms with Crippen LogP contribution >= 0.6 is 0 Å². The predicted octanol–water partition coefficient (Wildman–Crippen LogP) is 0.699. The summed E-state index contributed by atoms with van der Waals surface area (Å²) in [5.74, 6) is 0. The van der Waals surface area contributed by atoms with E-state index < -0.39 is 0 Å². The molecule has 0 aliphatic carbocycles. The first-order valence-electron chi connectivity index (χ1n) is 4.53. The fraction of sp³-hybridized carbons (Fsp3) is 1.00. The normalized spacial score (nSPS) is 9.00. The largest absolute Gasteiger partial charge is 0.428 e. The number of unbranched alkanes of at least 4 members (excludes halogenated alkanes) is 1. The molecule has 70 valence electrons. The van der Waals surface area contributed by atoms with E-state index >= 15 is 0 Å². The third-order valence-corrected chi connectivity index (χ3v) is 1.61. The highest BCUT2D eigenvalue weighted by molar-refractivity contribution is 5.97. The van der Waals surface area contributed by atoms with Crippen molar-refractivity contribution in [2.24, 2.45) is 0 Å². The molecule has 0 aromatic heterocycles. The highest BCUT2D eigenvalue weighted by Crippen LogP contribution is 1.82. The molecule has 0 aromatic rings. The highest BCUT2D eigenvalue weighted by Gasteiger charge is 1.74. The topological polar surface area (TPSA) is 21.3 Å². The van der Waals surface area contributed by atoms with E-state index in [4.69, 9.17) is 4.43 Å². The molecule has 0 radical (unpaired) electrons. The van der Waals surface area contributed by atoms with Crippen LogP contribution in [-0.4, -0.2) is 30.2 Å². The molecule has 1 N–H and O–H groups in total. The van der Waals surface area contributed by atoms with Crippen molar-refractivity contribution in [1.82, 2.24) is 5.32 Å². The summed E-state index contributed by atoms with van der Waals surface area (Å²) < 4.78 is 4.92. The summed E-state index contributed by atoms with van der Waals surface area (Å²) in [6, 6.07) is 0. The quantitative estimate of drug-likeness (QED) is 0.493. The lowest BCUT2D eigenvalue weighted by atomic mass is 10.4. The summed E-state index contributed by atoms with van der Waals surface area (Å²) >= 11 is 0. The SMILES string of the molecule is CCCCO[SiH3].CCNCC. The van der Waals surface area contributed by atoms with Crippen LogP contribution in [0.5, 0.6) is 0 Å². The lowest BCUT2D eigenvalue weighted by Gasteiger charge is -1.90. The minimum Gasteiger partial charge on any atom is -0.428 e. The van der Waals surface area contributed by atoms with Gasteiger partial charge in [-0.1, -0.05) is 27.2 Å². The Hall–Kier alpha value is 0.137. The molecule has 0 rings (SSSR count). The first-order valence-corrected chi connectivity index (χ1v) is 5.34. The minimum atomic E-state index is 0.903. The van der Waals surface area contributed by atoms with E-state index in [1.165, 1.54) is 12.8 Å². The van der Waals surface area contributed by atoms with E-state index in [9.17, 15) is 0 Å². The van der Waals surface area contributed by atoms with Crippen molar-refractivity contribution in [3.63, 3.8) is 0 Å². The third-order valence-electron chi connectivity index (χ3n) is 1.20. The van der Waals surface area contributed by atoms with Crippen molar-refractivity contribution >= 4 is 10.5 Å². The molecule has 11 heavy (non-hydrogen) atoms. The maximum Gasteiger partial charge on any atom is 0.145 e. The smallest absolute Gasteiger partial charge is 0.145 e. The number of rotatable bonds is 5. The van der Waals surface area contributed by atoms with Gasteiger partial charge in [0, 0.05) is 6.61 Å². The molecule has 0 spiro atoms. The molecule has 0 bridgehead atoms. The standard InChI is InChI=1S/C4H11N.C4H12OSi/c1-3-5-4-2;1-2-3-4-5-6/h5H,3-4H2,1-2H3;2-4H2,1,6H3. The third kappa shape index (κ3) is 25.4. The van der Waals surface area contributed by atoms with E-state index in [-0.39, 0.29) is 0 Å². The second kappa shape index (κ2) is 16.6. The molecule has 0 fully saturated rings. The zero-order valence-electron chi connectivity index (χ0n) is 8.44. The first kappa shape index (κ1) is 13.7. The van der Waals surface area contributed by atoms with Crippen LogP contribution in [0.3, 0.4) is 0 Å². The number of hydrogen-bond donors (Lipinski definition) is 1. The molecule has 3 heteroatoms. The van der Waals surface area contributed by atoms with E-state index in [2.05, 4.69) is 26.1 Å². The molecule has 0 atom stereocenters. The van der Waals surface area contributed by atoms with Gasteiger partial charge in [0.15, 0.2) is 0 Å². The van der Waals surface area contributed by atoms with Gasteiger partial charge < -0.3 is 9.74 Å². The fourth-order valence-electron chi connectivity index (χ4n) is 0.539. The van der Waals surface area contributed by atoms with Crippen molar-refractivity contribution in [1.29, 1.82) is 0 Å². The molecule has 0 unspecified atom stereocenters. The van der Waals surface area contributed by atoms with Gasteiger partial charge in [0.05, 0.1) is 0 Å². The van der Waals surface area contributed by atoms with Gasteiger partial charge in [-0.15, -0.1) is 0 Å². The second-order valence-corrected chi connectivity index (χ2v) is 2.88. The van der Waals surface area contributed by atoms with E-state index in [1.807, 2.05) is 0 Å². The summed E-state index contributed by atoms with van der Waals surface area (Å²) in [5, 5.41) is 3.11. The molecule has 0 aliphatic heterocycles. The van der Waals surface area contributed by atoms with Crippen LogP contribution in [0.15, 0.2) is 0 Å². The maximum absolute atomic E-state index is 4.92. The van der Waals surface area contributed by atoms with E-state index in [0.29, 0.717) is 0 Å². The number of hydrogen-bond acceptors (Lipinski definition) is 2. The van der Waals surface area contributed by atoms with Gasteiger partial charge >= 0.3 is 0 Å². The summed E-state index contributed by atoms with van der Waals surface area (Å²) in [6.07, 6.45) is 2.48. The molecule has 0 amide bonds. The Morgan fingerprint density at radius 1 is 1.18 bits per heavy atom. The molecular formula is C8H23NOSi. The monoisotopic (exact) mass is 177 g/mol. The molecule has 0 aromatic carbocycles. The summed E-state index contributed by atoms with van der Waals surface area (Å²) in [6.45, 7) is 9.53. The van der Waals surface area contributed by atoms with Crippen molar-refractivity contribution in [3.05, 3.63) is 0 Å². The van der Waals surface area contributed by atoms with Crippen LogP contribution < -0.4 is 5.32 Å². The van der Waals surface area contributed by atoms with Crippen molar-refractivity contribution in [3.8, 4) is 0 Å². The Labute approximate surface area is 74.3 Å². The van der Waals surface area contributed by atoms with Crippen LogP contribution in [0.1, 0.15) is 33.6 Å². The van der Waals surface area contributed by atoms with Crippen LogP contribution in [0.4, 0.5) is 0 Å². The number of nitrogens with one attached hydrogen (secondary N) is 1. The lowest BCUT2D eigenvalue weighted by Crippen LogP contribution is -2.09. The van der Waals surface area contributed by atoms with Crippen molar-refractivity contribution < 1.29 is 4.43 Å². The molecule has 2 nitrogen and oxygen atoms in total. The average Bonchev–Trinajstić information content (AvgIpc) is 2.04. The Morgan fingerprint density at radius 3 is 1.82 bits per heavy atom. The van der Waals surface area contributed by atoms with Crippen LogP contribution in [-0.2, 0) is 4.43 Å². The molecular weight excluding hydrogens is 154 g/mol. The lowest BCUT2D eigenvalue weighted by molar-refractivity contribution is 0.339. The van der Waals surface area contributed by atoms with Gasteiger partial charge in [0.25, 0.3) is 0 Å². The van der Waals surface area contributed by atoms with Crippen LogP contribution in [0.25, 0.3) is 0 Å². The van der Waals surface area contributed by atoms with Gasteiger partial charge in [-0.05, 0) is 19.5 Å². The summed E-state index contributed by atoms with van der Waals surface area (Å²) in [7, 11) is 0.903. The predicted molar refractivity (Wildman–Crippen MR) is 55.0 cm³/mol. The minimum absolute atomic E-state index is 0.903. The summed E-state index contributed by atoms with van der Waals surface area (Å²) in [5.41, 5.74) is 0. The van der Waals surface area contributed by atoms with Gasteiger partial charge in [-0.3, -0.25) is 0 Å². The maximum atomic E-state index is 4.92. The molecule has 0 saturated carbocycles. The molecule has 0 heterocycles. The van der Waals surface area contributed by atoms with E-state index in [1.54, 1.807) is 0 Å². The van der Waals surface area contributed by atoms with E-state index in [0.717, 1.165) is 30.2 Å². The Kier molecular flexibility index (Phi) is 20.7. The van der Waals surface area contributed by atoms with Crippen molar-refractivity contribution in [2.45, 2.75) is 33.6 Å². The molecule has 0 aliphatic rings. The van der Waals surface area contributed by atoms with Gasteiger partial charge in [-0.2, -0.15) is 0 Å². The van der Waals surface area contributed by atoms with Crippen molar-refractivity contribution in [2.75, 3.05) is 19.7 Å². The Morgan fingerprint density at radius 2 is 1.73 bits per heavy atom. The summed E-state index contributed by atoms with van der Waals surface area (Å²) in [4.78, 5) is 0. The molecule has 0 saturated heterocycles. The van der Waals surface area contributed by atoms with Crippen LogP contribution in [0.2, 0.25) is 0 Å². The van der Waals surface area contributed by atoms with Gasteiger partial charge in [0.1, 0.15) is 10.5 Å². The van der Waals surface area contributed by atoms with Gasteiger partial charge in [-0.25, -0.2) is 0 Å².